The van der Waals surface area contributed by atoms with Crippen LogP contribution in [0.15, 0.2) is 0 Å². The van der Waals surface area contributed by atoms with E-state index in [0.29, 0.717) is 11.4 Å². The summed E-state index contributed by atoms with van der Waals surface area (Å²) in [6.07, 6.45) is 19.3. The number of carbonyl (C=O) groups is 1. The van der Waals surface area contributed by atoms with Gasteiger partial charge in [-0.3, -0.25) is 4.79 Å². The standard InChI is InChI=1S/C18H31OP.CHF3O3S/c19-17-13-7-8-14-18(17)20(15-9-3-1-4-10-15)16-11-5-2-6-12-16;2-1(3,4)8(5,6)7/h15-16,18H,1-14H2;(H,5,6,7). The maximum atomic E-state index is 12.5. The van der Waals surface area contributed by atoms with Gasteiger partial charge in [-0.15, -0.1) is 0 Å². The molecule has 0 aromatic rings. The van der Waals surface area contributed by atoms with Crippen molar-refractivity contribution in [1.82, 2.24) is 0 Å². The van der Waals surface area contributed by atoms with Crippen molar-refractivity contribution in [3.63, 3.8) is 0 Å². The Hall–Kier alpha value is -0.200. The maximum Gasteiger partial charge on any atom is 0.485 e. The van der Waals surface area contributed by atoms with Gasteiger partial charge in [-0.1, -0.05) is 12.8 Å². The van der Waals surface area contributed by atoms with Crippen LogP contribution in [0.2, 0.25) is 0 Å². The van der Waals surface area contributed by atoms with Gasteiger partial charge in [0.25, 0.3) is 0 Å². The zero-order chi connectivity index (χ0) is 20.8. The second-order valence-corrected chi connectivity index (χ2v) is 13.0. The van der Waals surface area contributed by atoms with E-state index in [0.717, 1.165) is 17.7 Å². The normalized spacial score (nSPS) is 26.0. The van der Waals surface area contributed by atoms with Crippen LogP contribution in [0.1, 0.15) is 89.9 Å². The molecule has 9 heteroatoms. The van der Waals surface area contributed by atoms with Crippen LogP contribution in [0.3, 0.4) is 0 Å². The summed E-state index contributed by atoms with van der Waals surface area (Å²) in [6.45, 7) is 0. The molecule has 0 spiro atoms. The zero-order valence-corrected chi connectivity index (χ0v) is 18.1. The number of hydrogen-bond acceptors (Lipinski definition) is 4. The van der Waals surface area contributed by atoms with E-state index in [4.69, 9.17) is 13.0 Å². The second-order valence-electron chi connectivity index (χ2n) is 8.33. The average Bonchev–Trinajstić information content (AvgIpc) is 2.64. The molecule has 0 saturated heterocycles. The fraction of sp³-hybridized carbons (Fsp3) is 0.947. The molecule has 3 aliphatic rings. The predicted octanol–water partition coefficient (Wildman–Crippen LogP) is 5.43. The summed E-state index contributed by atoms with van der Waals surface area (Å²) in [7, 11) is -6.53. The lowest BCUT2D eigenvalue weighted by molar-refractivity contribution is -0.119. The first kappa shape index (κ1) is 24.1. The molecule has 0 amide bonds. The fourth-order valence-corrected chi connectivity index (χ4v) is 10.1. The molecule has 0 aliphatic heterocycles. The Bertz CT molecular complexity index is 579. The van der Waals surface area contributed by atoms with Gasteiger partial charge in [0.2, 0.25) is 0 Å². The minimum absolute atomic E-state index is 0.445. The van der Waals surface area contributed by atoms with Crippen LogP contribution in [-0.4, -0.2) is 41.2 Å². The molecule has 1 unspecified atom stereocenters. The van der Waals surface area contributed by atoms with Gasteiger partial charge in [-0.05, 0) is 70.6 Å². The van der Waals surface area contributed by atoms with Crippen molar-refractivity contribution in [3.05, 3.63) is 0 Å². The molecule has 0 radical (unpaired) electrons. The van der Waals surface area contributed by atoms with Gasteiger partial charge >= 0.3 is 5.51 Å². The highest BCUT2D eigenvalue weighted by Crippen LogP contribution is 2.60. The van der Waals surface area contributed by atoms with E-state index in [1.54, 1.807) is 0 Å². The summed E-state index contributed by atoms with van der Waals surface area (Å²) >= 11 is 0. The molecule has 164 valence electrons. The van der Waals surface area contributed by atoms with Crippen molar-refractivity contribution in [2.45, 2.75) is 112 Å². The molecule has 0 N–H and O–H groups in total. The highest BCUT2D eigenvalue weighted by Gasteiger charge is 2.46. The Labute approximate surface area is 167 Å². The van der Waals surface area contributed by atoms with Crippen LogP contribution in [0, 0.1) is 0 Å². The number of carbonyl (C=O) groups excluding carboxylic acids is 1. The zero-order valence-electron chi connectivity index (χ0n) is 16.3. The molecular formula is C19H32F3O4PS. The van der Waals surface area contributed by atoms with Crippen molar-refractivity contribution in [1.29, 1.82) is 0 Å². The van der Waals surface area contributed by atoms with Crippen LogP contribution < -0.4 is 0 Å². The molecule has 0 heterocycles. The van der Waals surface area contributed by atoms with Gasteiger partial charge in [0, 0.05) is 14.3 Å². The van der Waals surface area contributed by atoms with Crippen LogP contribution >= 0.6 is 7.92 Å². The van der Waals surface area contributed by atoms with E-state index in [1.165, 1.54) is 83.5 Å². The first-order valence-electron chi connectivity index (χ1n) is 10.5. The summed E-state index contributed by atoms with van der Waals surface area (Å²) in [6, 6.07) is 0. The van der Waals surface area contributed by atoms with Crippen LogP contribution in [0.4, 0.5) is 13.2 Å². The summed E-state index contributed by atoms with van der Waals surface area (Å²) in [5.41, 5.74) is -3.11. The molecule has 0 aromatic carbocycles. The minimum atomic E-state index is -6.09. The highest BCUT2D eigenvalue weighted by molar-refractivity contribution is 7.86. The van der Waals surface area contributed by atoms with E-state index >= 15 is 0 Å². The Morgan fingerprint density at radius 1 is 0.786 bits per heavy atom. The third-order valence-electron chi connectivity index (χ3n) is 6.39. The summed E-state index contributed by atoms with van der Waals surface area (Å²) in [5, 5.41) is 0. The first-order valence-corrected chi connectivity index (χ1v) is 13.7. The number of alkyl halides is 3. The molecule has 3 rings (SSSR count). The molecule has 3 aliphatic carbocycles. The Morgan fingerprint density at radius 3 is 1.54 bits per heavy atom. The smallest absolute Gasteiger partial charge is 0.485 e. The van der Waals surface area contributed by atoms with E-state index < -0.39 is 23.5 Å². The lowest BCUT2D eigenvalue weighted by Crippen LogP contribution is -2.33. The monoisotopic (exact) mass is 444 g/mol. The van der Waals surface area contributed by atoms with Crippen molar-refractivity contribution < 1.29 is 30.9 Å². The SMILES string of the molecule is O=C1CCCCC1[PH+](C1CCCCC1)C1CCCCC1.O=S(=O)([O-])C(F)(F)F. The molecular weight excluding hydrogens is 412 g/mol. The molecule has 0 bridgehead atoms. The van der Waals surface area contributed by atoms with Gasteiger partial charge in [0.15, 0.2) is 15.9 Å². The van der Waals surface area contributed by atoms with E-state index in [1.807, 2.05) is 0 Å². The third kappa shape index (κ3) is 6.94. The average molecular weight is 444 g/mol. The summed E-state index contributed by atoms with van der Waals surface area (Å²) in [5.74, 6) is 0.682. The highest BCUT2D eigenvalue weighted by atomic mass is 32.2. The van der Waals surface area contributed by atoms with Gasteiger partial charge in [-0.2, -0.15) is 13.2 Å². The topological polar surface area (TPSA) is 74.3 Å². The second kappa shape index (κ2) is 10.7. The largest absolute Gasteiger partial charge is 0.741 e. The predicted molar refractivity (Wildman–Crippen MR) is 105 cm³/mol. The molecule has 4 nitrogen and oxygen atoms in total. The van der Waals surface area contributed by atoms with Crippen LogP contribution in [0.25, 0.3) is 0 Å². The fourth-order valence-electron chi connectivity index (χ4n) is 5.11. The van der Waals surface area contributed by atoms with Crippen LogP contribution in [-0.2, 0) is 14.9 Å². The Morgan fingerprint density at radius 2 is 1.18 bits per heavy atom. The van der Waals surface area contributed by atoms with E-state index in [9.17, 15) is 18.0 Å². The van der Waals surface area contributed by atoms with Crippen molar-refractivity contribution in [2.75, 3.05) is 0 Å². The lowest BCUT2D eigenvalue weighted by Gasteiger charge is -2.37. The van der Waals surface area contributed by atoms with E-state index in [2.05, 4.69) is 0 Å². The molecule has 0 aromatic heterocycles. The summed E-state index contributed by atoms with van der Waals surface area (Å²) in [4.78, 5) is 12.5. The van der Waals surface area contributed by atoms with E-state index in [-0.39, 0.29) is 0 Å². The maximum absolute atomic E-state index is 12.5. The summed E-state index contributed by atoms with van der Waals surface area (Å²) < 4.78 is 58.9. The first-order chi connectivity index (χ1) is 13.1. The van der Waals surface area contributed by atoms with Crippen molar-refractivity contribution in [3.8, 4) is 0 Å². The Kier molecular flexibility index (Phi) is 9.21. The minimum Gasteiger partial charge on any atom is -0.741 e. The molecule has 3 saturated carbocycles. The van der Waals surface area contributed by atoms with Gasteiger partial charge < -0.3 is 4.55 Å². The molecule has 28 heavy (non-hydrogen) atoms. The van der Waals surface area contributed by atoms with Gasteiger partial charge in [-0.25, -0.2) is 8.42 Å². The van der Waals surface area contributed by atoms with Crippen molar-refractivity contribution in [2.24, 2.45) is 0 Å². The van der Waals surface area contributed by atoms with Crippen molar-refractivity contribution >= 4 is 23.8 Å². The number of Topliss-reactive ketones (excluding diaryl/α,β-unsaturated/α-hetero) is 1. The number of hydrogen-bond donors (Lipinski definition) is 0. The van der Waals surface area contributed by atoms with Gasteiger partial charge in [0.1, 0.15) is 5.66 Å². The van der Waals surface area contributed by atoms with Gasteiger partial charge in [0.05, 0.1) is 11.3 Å². The lowest BCUT2D eigenvalue weighted by atomic mass is 9.98. The third-order valence-corrected chi connectivity index (χ3v) is 11.4. The molecule has 3 fully saturated rings. The molecule has 1 atom stereocenters. The quantitative estimate of drug-likeness (QED) is 0.331. The Balaban J connectivity index is 0.000000300. The number of halogens is 3. The van der Waals surface area contributed by atoms with Crippen LogP contribution in [0.5, 0.6) is 0 Å². The number of ketones is 1. The number of rotatable bonds is 3.